The Hall–Kier alpha value is -3.35. The standard InChI is InChI=1S/C23H24N2O5/c26-21(25-13-5-10-20(25)22(27)28)11-12-24-23(29)30-14-19-17-8-3-1-6-15(17)16-7-2-4-9-18(16)19/h1-4,6-9,19-20H,5,10-14H2,(H,24,29)(H,27,28). The fraction of sp³-hybridized carbons (Fsp3) is 0.348. The third-order valence-corrected chi connectivity index (χ3v) is 5.81. The maximum Gasteiger partial charge on any atom is 0.407 e. The topological polar surface area (TPSA) is 95.9 Å². The molecule has 1 aliphatic heterocycles. The number of carboxylic acids is 1. The van der Waals surface area contributed by atoms with E-state index in [1.807, 2.05) is 24.3 Å². The summed E-state index contributed by atoms with van der Waals surface area (Å²) in [5, 5.41) is 11.8. The third-order valence-electron chi connectivity index (χ3n) is 5.81. The average Bonchev–Trinajstić information content (AvgIpc) is 3.36. The van der Waals surface area contributed by atoms with Gasteiger partial charge in [-0.1, -0.05) is 48.5 Å². The van der Waals surface area contributed by atoms with Gasteiger partial charge in [0.1, 0.15) is 12.6 Å². The first-order valence-electron chi connectivity index (χ1n) is 10.2. The number of hydrogen-bond donors (Lipinski definition) is 2. The molecule has 1 heterocycles. The van der Waals surface area contributed by atoms with Crippen LogP contribution >= 0.6 is 0 Å². The summed E-state index contributed by atoms with van der Waals surface area (Å²) in [4.78, 5) is 37.0. The van der Waals surface area contributed by atoms with E-state index in [9.17, 15) is 19.5 Å². The van der Waals surface area contributed by atoms with Crippen molar-refractivity contribution in [3.8, 4) is 11.1 Å². The van der Waals surface area contributed by atoms with Gasteiger partial charge >= 0.3 is 12.1 Å². The van der Waals surface area contributed by atoms with Crippen molar-refractivity contribution < 1.29 is 24.2 Å². The van der Waals surface area contributed by atoms with Crippen LogP contribution in [0.4, 0.5) is 4.79 Å². The Labute approximate surface area is 174 Å². The molecule has 2 aromatic carbocycles. The van der Waals surface area contributed by atoms with Crippen molar-refractivity contribution in [3.63, 3.8) is 0 Å². The number of carbonyl (C=O) groups excluding carboxylic acids is 2. The van der Waals surface area contributed by atoms with Crippen LogP contribution in [0.3, 0.4) is 0 Å². The van der Waals surface area contributed by atoms with Crippen LogP contribution in [0.2, 0.25) is 0 Å². The molecule has 1 aliphatic carbocycles. The Balaban J connectivity index is 1.29. The molecule has 1 saturated heterocycles. The number of likely N-dealkylation sites (tertiary alicyclic amines) is 1. The van der Waals surface area contributed by atoms with Gasteiger partial charge in [-0.2, -0.15) is 0 Å². The molecular weight excluding hydrogens is 384 g/mol. The summed E-state index contributed by atoms with van der Waals surface area (Å²) in [7, 11) is 0. The van der Waals surface area contributed by atoms with Gasteiger partial charge in [-0.05, 0) is 35.1 Å². The molecule has 1 atom stereocenters. The summed E-state index contributed by atoms with van der Waals surface area (Å²) in [6, 6.07) is 15.4. The van der Waals surface area contributed by atoms with Crippen molar-refractivity contribution in [3.05, 3.63) is 59.7 Å². The van der Waals surface area contributed by atoms with Crippen LogP contribution in [0.25, 0.3) is 11.1 Å². The second-order valence-corrected chi connectivity index (χ2v) is 7.59. The number of aliphatic carboxylic acids is 1. The Morgan fingerprint density at radius 1 is 1.03 bits per heavy atom. The number of hydrogen-bond acceptors (Lipinski definition) is 4. The number of carbonyl (C=O) groups is 3. The number of rotatable bonds is 6. The molecule has 2 aliphatic rings. The van der Waals surface area contributed by atoms with E-state index in [4.69, 9.17) is 4.74 Å². The molecule has 0 radical (unpaired) electrons. The van der Waals surface area contributed by atoms with Gasteiger partial charge in [-0.3, -0.25) is 4.79 Å². The Morgan fingerprint density at radius 3 is 2.30 bits per heavy atom. The fourth-order valence-corrected chi connectivity index (χ4v) is 4.39. The number of amides is 2. The van der Waals surface area contributed by atoms with Crippen LogP contribution in [0.5, 0.6) is 0 Å². The summed E-state index contributed by atoms with van der Waals surface area (Å²) in [5.74, 6) is -1.27. The van der Waals surface area contributed by atoms with E-state index in [1.165, 1.54) is 4.90 Å². The zero-order chi connectivity index (χ0) is 21.1. The normalized spacial score (nSPS) is 17.3. The molecule has 2 amide bonds. The lowest BCUT2D eigenvalue weighted by molar-refractivity contribution is -0.148. The number of alkyl carbamates (subject to hydrolysis) is 1. The molecule has 0 bridgehead atoms. The van der Waals surface area contributed by atoms with Gasteiger partial charge < -0.3 is 20.1 Å². The molecule has 0 spiro atoms. The van der Waals surface area contributed by atoms with Crippen LogP contribution < -0.4 is 5.32 Å². The predicted octanol–water partition coefficient (Wildman–Crippen LogP) is 2.99. The number of carboxylic acid groups (broad SMARTS) is 1. The second-order valence-electron chi connectivity index (χ2n) is 7.59. The summed E-state index contributed by atoms with van der Waals surface area (Å²) < 4.78 is 5.44. The average molecular weight is 408 g/mol. The van der Waals surface area contributed by atoms with Gasteiger partial charge in [-0.25, -0.2) is 9.59 Å². The number of ether oxygens (including phenoxy) is 1. The minimum absolute atomic E-state index is 0.0225. The summed E-state index contributed by atoms with van der Waals surface area (Å²) in [5.41, 5.74) is 4.59. The lowest BCUT2D eigenvalue weighted by Gasteiger charge is -2.21. The highest BCUT2D eigenvalue weighted by Crippen LogP contribution is 2.44. The van der Waals surface area contributed by atoms with Crippen LogP contribution in [0.15, 0.2) is 48.5 Å². The largest absolute Gasteiger partial charge is 0.480 e. The van der Waals surface area contributed by atoms with E-state index in [1.54, 1.807) is 0 Å². The van der Waals surface area contributed by atoms with Crippen molar-refractivity contribution in [2.24, 2.45) is 0 Å². The van der Waals surface area contributed by atoms with Gasteiger partial charge in [0.2, 0.25) is 5.91 Å². The monoisotopic (exact) mass is 408 g/mol. The highest BCUT2D eigenvalue weighted by atomic mass is 16.5. The summed E-state index contributed by atoms with van der Waals surface area (Å²) in [6.45, 7) is 0.764. The zero-order valence-electron chi connectivity index (χ0n) is 16.5. The van der Waals surface area contributed by atoms with Gasteiger partial charge in [0.25, 0.3) is 0 Å². The minimum atomic E-state index is -0.981. The van der Waals surface area contributed by atoms with Gasteiger partial charge in [0.05, 0.1) is 0 Å². The lowest BCUT2D eigenvalue weighted by atomic mass is 9.98. The number of nitrogens with zero attached hydrogens (tertiary/aromatic N) is 1. The SMILES string of the molecule is O=C(NCCC(=O)N1CCCC1C(=O)O)OCC1c2ccccc2-c2ccccc21. The zero-order valence-corrected chi connectivity index (χ0v) is 16.5. The first-order chi connectivity index (χ1) is 14.6. The quantitative estimate of drug-likeness (QED) is 0.766. The smallest absolute Gasteiger partial charge is 0.407 e. The number of nitrogens with one attached hydrogen (secondary N) is 1. The Kier molecular flexibility index (Phi) is 5.70. The summed E-state index contributed by atoms with van der Waals surface area (Å²) >= 11 is 0. The molecule has 2 aromatic rings. The Morgan fingerprint density at radius 2 is 1.67 bits per heavy atom. The number of fused-ring (bicyclic) bond motifs is 3. The molecule has 4 rings (SSSR count). The molecule has 30 heavy (non-hydrogen) atoms. The second kappa shape index (κ2) is 8.57. The molecule has 1 fully saturated rings. The van der Waals surface area contributed by atoms with E-state index >= 15 is 0 Å². The molecule has 156 valence electrons. The molecule has 2 N–H and O–H groups in total. The third kappa shape index (κ3) is 3.87. The van der Waals surface area contributed by atoms with Crippen molar-refractivity contribution in [2.75, 3.05) is 19.7 Å². The van der Waals surface area contributed by atoms with Crippen LogP contribution in [0, 0.1) is 0 Å². The van der Waals surface area contributed by atoms with Crippen molar-refractivity contribution >= 4 is 18.0 Å². The molecule has 0 saturated carbocycles. The highest BCUT2D eigenvalue weighted by molar-refractivity contribution is 5.84. The first-order valence-corrected chi connectivity index (χ1v) is 10.2. The molecular formula is C23H24N2O5. The van der Waals surface area contributed by atoms with Crippen LogP contribution in [0.1, 0.15) is 36.3 Å². The van der Waals surface area contributed by atoms with E-state index < -0.39 is 18.1 Å². The molecule has 0 aromatic heterocycles. The fourth-order valence-electron chi connectivity index (χ4n) is 4.39. The Bertz CT molecular complexity index is 928. The van der Waals surface area contributed by atoms with E-state index in [-0.39, 0.29) is 31.4 Å². The minimum Gasteiger partial charge on any atom is -0.480 e. The van der Waals surface area contributed by atoms with Crippen LogP contribution in [-0.2, 0) is 14.3 Å². The predicted molar refractivity (Wildman–Crippen MR) is 110 cm³/mol. The van der Waals surface area contributed by atoms with Crippen molar-refractivity contribution in [2.45, 2.75) is 31.2 Å². The van der Waals surface area contributed by atoms with E-state index in [2.05, 4.69) is 29.6 Å². The molecule has 7 nitrogen and oxygen atoms in total. The van der Waals surface area contributed by atoms with E-state index in [0.717, 1.165) is 22.3 Å². The maximum absolute atomic E-state index is 12.3. The molecule has 1 unspecified atom stereocenters. The molecule has 7 heteroatoms. The summed E-state index contributed by atoms with van der Waals surface area (Å²) in [6.07, 6.45) is 0.623. The van der Waals surface area contributed by atoms with Crippen LogP contribution in [-0.4, -0.2) is 53.7 Å². The van der Waals surface area contributed by atoms with Crippen molar-refractivity contribution in [1.29, 1.82) is 0 Å². The lowest BCUT2D eigenvalue weighted by Crippen LogP contribution is -2.41. The number of benzene rings is 2. The maximum atomic E-state index is 12.3. The van der Waals surface area contributed by atoms with Gasteiger partial charge in [0, 0.05) is 25.4 Å². The van der Waals surface area contributed by atoms with Crippen molar-refractivity contribution in [1.82, 2.24) is 10.2 Å². The highest BCUT2D eigenvalue weighted by Gasteiger charge is 2.33. The van der Waals surface area contributed by atoms with Gasteiger partial charge in [-0.15, -0.1) is 0 Å². The van der Waals surface area contributed by atoms with Gasteiger partial charge in [0.15, 0.2) is 0 Å². The first kappa shape index (κ1) is 19.9. The van der Waals surface area contributed by atoms with E-state index in [0.29, 0.717) is 19.4 Å².